The predicted octanol–water partition coefficient (Wildman–Crippen LogP) is 7.87. The molecule has 2 rings (SSSR count). The summed E-state index contributed by atoms with van der Waals surface area (Å²) in [5.41, 5.74) is 0.567. The van der Waals surface area contributed by atoms with Crippen molar-refractivity contribution < 1.29 is 31.1 Å². The summed E-state index contributed by atoms with van der Waals surface area (Å²) in [6, 6.07) is 10.6. The average Bonchev–Trinajstić information content (AvgIpc) is 2.71. The molecule has 0 amide bonds. The highest BCUT2D eigenvalue weighted by Gasteiger charge is 2.30. The Labute approximate surface area is 179 Å². The van der Waals surface area contributed by atoms with Gasteiger partial charge in [-0.3, -0.25) is 0 Å². The third kappa shape index (κ3) is 9.76. The first-order chi connectivity index (χ1) is 14.7. The molecule has 31 heavy (non-hydrogen) atoms. The monoisotopic (exact) mass is 446 g/mol. The minimum atomic E-state index is -4.29. The van der Waals surface area contributed by atoms with Crippen molar-refractivity contribution in [3.63, 3.8) is 0 Å². The molecule has 0 saturated carbocycles. The Bertz CT molecular complexity index is 682. The lowest BCUT2D eigenvalue weighted by Gasteiger charge is -2.08. The van der Waals surface area contributed by atoms with Crippen molar-refractivity contribution in [1.29, 1.82) is 0 Å². The Morgan fingerprint density at radius 3 is 1.16 bits per heavy atom. The van der Waals surface area contributed by atoms with Crippen LogP contribution in [0.5, 0.6) is 0 Å². The van der Waals surface area contributed by atoms with Crippen molar-refractivity contribution in [2.45, 2.75) is 63.7 Å². The predicted molar refractivity (Wildman–Crippen MR) is 109 cm³/mol. The van der Waals surface area contributed by atoms with Gasteiger partial charge in [0.2, 0.25) is 0 Å². The van der Waals surface area contributed by atoms with Crippen molar-refractivity contribution in [2.75, 3.05) is 13.2 Å². The van der Waals surface area contributed by atoms with E-state index in [4.69, 9.17) is 4.74 Å². The van der Waals surface area contributed by atoms with Crippen LogP contribution in [0, 0.1) is 0 Å². The first-order valence-corrected chi connectivity index (χ1v) is 10.6. The summed E-state index contributed by atoms with van der Waals surface area (Å²) in [5.74, 6) is 0. The number of benzene rings is 2. The van der Waals surface area contributed by atoms with Gasteiger partial charge in [0.15, 0.2) is 0 Å². The Hall–Kier alpha value is -2.02. The molecule has 0 radical (unpaired) electrons. The lowest BCUT2D eigenvalue weighted by molar-refractivity contribution is -0.138. The van der Waals surface area contributed by atoms with Crippen LogP contribution in [0.3, 0.4) is 0 Å². The lowest BCUT2D eigenvalue weighted by Crippen LogP contribution is -2.04. The van der Waals surface area contributed by atoms with Gasteiger partial charge in [-0.1, -0.05) is 37.1 Å². The van der Waals surface area contributed by atoms with Gasteiger partial charge in [-0.15, -0.1) is 0 Å². The van der Waals surface area contributed by atoms with Gasteiger partial charge in [0.25, 0.3) is 0 Å². The maximum atomic E-state index is 12.5. The summed E-state index contributed by atoms with van der Waals surface area (Å²) in [6.45, 7) is 1.32. The number of aryl methyl sites for hydroxylation is 2. The standard InChI is InChI=1S/C24H28F6O/c25-23(26,27)21-13-9-19(10-14-21)7-3-1-5-17-31-18-6-2-4-8-20-11-15-22(16-12-20)24(28,29)30/h9-16H,1-8,17-18H2. The summed E-state index contributed by atoms with van der Waals surface area (Å²) < 4.78 is 80.7. The second-order valence-electron chi connectivity index (χ2n) is 7.62. The van der Waals surface area contributed by atoms with E-state index in [1.165, 1.54) is 24.3 Å². The Kier molecular flexibility index (Phi) is 9.88. The zero-order valence-electron chi connectivity index (χ0n) is 17.4. The van der Waals surface area contributed by atoms with Crippen molar-refractivity contribution in [2.24, 2.45) is 0 Å². The molecule has 0 N–H and O–H groups in total. The molecule has 0 spiro atoms. The van der Waals surface area contributed by atoms with Gasteiger partial charge in [0, 0.05) is 13.2 Å². The smallest absolute Gasteiger partial charge is 0.381 e. The van der Waals surface area contributed by atoms with Crippen LogP contribution in [0.15, 0.2) is 48.5 Å². The number of hydrogen-bond donors (Lipinski definition) is 0. The molecule has 0 aliphatic heterocycles. The van der Waals surface area contributed by atoms with Crippen molar-refractivity contribution in [1.82, 2.24) is 0 Å². The highest BCUT2D eigenvalue weighted by atomic mass is 19.4. The van der Waals surface area contributed by atoms with E-state index >= 15 is 0 Å². The SMILES string of the molecule is FC(F)(F)c1ccc(CCCCCOCCCCCc2ccc(C(F)(F)F)cc2)cc1. The number of halogens is 6. The fourth-order valence-corrected chi connectivity index (χ4v) is 3.24. The van der Waals surface area contributed by atoms with Gasteiger partial charge in [0.05, 0.1) is 11.1 Å². The molecule has 0 fully saturated rings. The van der Waals surface area contributed by atoms with Crippen molar-refractivity contribution >= 4 is 0 Å². The van der Waals surface area contributed by atoms with Crippen LogP contribution in [0.25, 0.3) is 0 Å². The number of ether oxygens (including phenoxy) is 1. The van der Waals surface area contributed by atoms with E-state index in [2.05, 4.69) is 0 Å². The summed E-state index contributed by atoms with van der Waals surface area (Å²) in [6.07, 6.45) is -1.55. The second kappa shape index (κ2) is 12.1. The molecule has 0 unspecified atom stereocenters. The van der Waals surface area contributed by atoms with Crippen LogP contribution < -0.4 is 0 Å². The van der Waals surface area contributed by atoms with E-state index in [0.717, 1.165) is 86.8 Å². The number of alkyl halides is 6. The van der Waals surface area contributed by atoms with Gasteiger partial charge >= 0.3 is 12.4 Å². The van der Waals surface area contributed by atoms with Gasteiger partial charge in [-0.25, -0.2) is 0 Å². The van der Waals surface area contributed by atoms with Crippen LogP contribution in [-0.2, 0) is 29.9 Å². The number of unbranched alkanes of at least 4 members (excludes halogenated alkanes) is 4. The van der Waals surface area contributed by atoms with Gasteiger partial charge in [0.1, 0.15) is 0 Å². The Balaban J connectivity index is 1.44. The van der Waals surface area contributed by atoms with Crippen LogP contribution in [-0.4, -0.2) is 13.2 Å². The normalized spacial score (nSPS) is 12.3. The molecule has 2 aromatic carbocycles. The van der Waals surface area contributed by atoms with Crippen LogP contribution in [0.2, 0.25) is 0 Å². The van der Waals surface area contributed by atoms with E-state index in [-0.39, 0.29) is 0 Å². The molecule has 0 aromatic heterocycles. The van der Waals surface area contributed by atoms with E-state index in [9.17, 15) is 26.3 Å². The summed E-state index contributed by atoms with van der Waals surface area (Å²) in [7, 11) is 0. The quantitative estimate of drug-likeness (QED) is 0.238. The Morgan fingerprint density at radius 2 is 0.839 bits per heavy atom. The summed E-state index contributed by atoms with van der Waals surface area (Å²) in [4.78, 5) is 0. The molecule has 2 aromatic rings. The molecule has 0 heterocycles. The van der Waals surface area contributed by atoms with Gasteiger partial charge in [-0.05, 0) is 73.9 Å². The molecule has 172 valence electrons. The maximum absolute atomic E-state index is 12.5. The average molecular weight is 446 g/mol. The van der Waals surface area contributed by atoms with E-state index in [0.29, 0.717) is 13.2 Å². The molecular formula is C24H28F6O. The largest absolute Gasteiger partial charge is 0.416 e. The molecule has 0 aliphatic rings. The van der Waals surface area contributed by atoms with Gasteiger partial charge in [-0.2, -0.15) is 26.3 Å². The van der Waals surface area contributed by atoms with E-state index < -0.39 is 23.5 Å². The molecule has 0 atom stereocenters. The first kappa shape index (κ1) is 25.2. The zero-order valence-corrected chi connectivity index (χ0v) is 17.4. The van der Waals surface area contributed by atoms with Crippen LogP contribution in [0.1, 0.15) is 60.8 Å². The molecule has 0 bridgehead atoms. The minimum Gasteiger partial charge on any atom is -0.381 e. The third-order valence-corrected chi connectivity index (χ3v) is 5.07. The van der Waals surface area contributed by atoms with E-state index in [1.807, 2.05) is 0 Å². The van der Waals surface area contributed by atoms with Crippen molar-refractivity contribution in [3.05, 3.63) is 70.8 Å². The molecular weight excluding hydrogens is 418 g/mol. The highest BCUT2D eigenvalue weighted by Crippen LogP contribution is 2.30. The fraction of sp³-hybridized carbons (Fsp3) is 0.500. The topological polar surface area (TPSA) is 9.23 Å². The number of hydrogen-bond acceptors (Lipinski definition) is 1. The molecule has 0 saturated heterocycles. The highest BCUT2D eigenvalue weighted by molar-refractivity contribution is 5.25. The third-order valence-electron chi connectivity index (χ3n) is 5.07. The number of rotatable bonds is 12. The van der Waals surface area contributed by atoms with Gasteiger partial charge < -0.3 is 4.74 Å². The van der Waals surface area contributed by atoms with Crippen molar-refractivity contribution in [3.8, 4) is 0 Å². The molecule has 7 heteroatoms. The van der Waals surface area contributed by atoms with Crippen LogP contribution >= 0.6 is 0 Å². The second-order valence-corrected chi connectivity index (χ2v) is 7.62. The fourth-order valence-electron chi connectivity index (χ4n) is 3.24. The summed E-state index contributed by atoms with van der Waals surface area (Å²) in [5, 5.41) is 0. The maximum Gasteiger partial charge on any atom is 0.416 e. The first-order valence-electron chi connectivity index (χ1n) is 10.6. The van der Waals surface area contributed by atoms with Crippen LogP contribution in [0.4, 0.5) is 26.3 Å². The Morgan fingerprint density at radius 1 is 0.484 bits per heavy atom. The summed E-state index contributed by atoms with van der Waals surface area (Å²) >= 11 is 0. The molecule has 1 nitrogen and oxygen atoms in total. The minimum absolute atomic E-state index is 0.621. The van der Waals surface area contributed by atoms with E-state index in [1.54, 1.807) is 0 Å². The lowest BCUT2D eigenvalue weighted by atomic mass is 10.0. The molecule has 0 aliphatic carbocycles. The zero-order chi connectivity index (χ0) is 22.7.